The summed E-state index contributed by atoms with van der Waals surface area (Å²) < 4.78 is 10.5. The van der Waals surface area contributed by atoms with E-state index in [2.05, 4.69) is 11.2 Å². The van der Waals surface area contributed by atoms with Crippen LogP contribution in [0.2, 0.25) is 5.02 Å². The number of fused-ring (bicyclic) bond motifs is 2. The van der Waals surface area contributed by atoms with E-state index in [1.165, 1.54) is 7.11 Å². The van der Waals surface area contributed by atoms with Gasteiger partial charge < -0.3 is 14.8 Å². The molecular weight excluding hydrogens is 402 g/mol. The number of carbonyl (C=O) groups excluding carboxylic acids is 2. The van der Waals surface area contributed by atoms with Gasteiger partial charge in [-0.2, -0.15) is 0 Å². The van der Waals surface area contributed by atoms with Gasteiger partial charge in [-0.3, -0.25) is 4.79 Å². The van der Waals surface area contributed by atoms with Crippen LogP contribution in [0.5, 0.6) is 5.75 Å². The Morgan fingerprint density at radius 2 is 1.97 bits per heavy atom. The van der Waals surface area contributed by atoms with Crippen molar-refractivity contribution in [3.63, 3.8) is 0 Å². The zero-order valence-corrected chi connectivity index (χ0v) is 17.2. The average Bonchev–Trinajstić information content (AvgIpc) is 3.03. The van der Waals surface area contributed by atoms with Gasteiger partial charge in [-0.25, -0.2) is 4.79 Å². The van der Waals surface area contributed by atoms with Crippen molar-refractivity contribution in [2.24, 2.45) is 0 Å². The molecule has 0 aromatic heterocycles. The SMILES string of the molecule is C#CCOc1ccc([C@@H]2C(C(=O)OC)=C(C)NC3=C2C(=O)c2ccccc23)cc1Cl. The van der Waals surface area contributed by atoms with E-state index in [9.17, 15) is 9.59 Å². The van der Waals surface area contributed by atoms with Gasteiger partial charge >= 0.3 is 5.97 Å². The lowest BCUT2D eigenvalue weighted by atomic mass is 9.80. The van der Waals surface area contributed by atoms with Crippen LogP contribution in [-0.4, -0.2) is 25.5 Å². The lowest BCUT2D eigenvalue weighted by Gasteiger charge is -2.29. The van der Waals surface area contributed by atoms with E-state index in [1.807, 2.05) is 18.2 Å². The van der Waals surface area contributed by atoms with Crippen LogP contribution in [-0.2, 0) is 9.53 Å². The van der Waals surface area contributed by atoms with Crippen molar-refractivity contribution in [2.45, 2.75) is 12.8 Å². The normalized spacial score (nSPS) is 17.1. The molecule has 1 aliphatic carbocycles. The summed E-state index contributed by atoms with van der Waals surface area (Å²) in [5, 5.41) is 3.58. The third-order valence-electron chi connectivity index (χ3n) is 5.25. The number of terminal acetylenes is 1. The molecule has 2 aromatic carbocycles. The number of allylic oxidation sites excluding steroid dienone is 2. The van der Waals surface area contributed by atoms with E-state index in [4.69, 9.17) is 27.5 Å². The van der Waals surface area contributed by atoms with E-state index >= 15 is 0 Å². The maximum absolute atomic E-state index is 13.3. The molecule has 1 N–H and O–H groups in total. The molecule has 0 bridgehead atoms. The van der Waals surface area contributed by atoms with Gasteiger partial charge in [0.25, 0.3) is 0 Å². The van der Waals surface area contributed by atoms with Gasteiger partial charge in [0.1, 0.15) is 12.4 Å². The monoisotopic (exact) mass is 419 g/mol. The third-order valence-corrected chi connectivity index (χ3v) is 5.55. The second-order valence-electron chi connectivity index (χ2n) is 6.93. The van der Waals surface area contributed by atoms with Gasteiger partial charge in [-0.05, 0) is 24.6 Å². The summed E-state index contributed by atoms with van der Waals surface area (Å²) in [5.41, 5.74) is 4.28. The first-order chi connectivity index (χ1) is 14.5. The summed E-state index contributed by atoms with van der Waals surface area (Å²) in [7, 11) is 1.32. The number of nitrogens with one attached hydrogen (secondary N) is 1. The van der Waals surface area contributed by atoms with Crippen molar-refractivity contribution in [2.75, 3.05) is 13.7 Å². The first kappa shape index (κ1) is 19.8. The smallest absolute Gasteiger partial charge is 0.336 e. The number of ether oxygens (including phenoxy) is 2. The maximum Gasteiger partial charge on any atom is 0.336 e. The minimum absolute atomic E-state index is 0.0853. The molecule has 2 aliphatic rings. The van der Waals surface area contributed by atoms with Gasteiger partial charge in [0, 0.05) is 28.3 Å². The fraction of sp³-hybridized carbons (Fsp3) is 0.167. The molecule has 4 rings (SSSR count). The number of Topliss-reactive ketones (excluding diaryl/α,β-unsaturated/α-hetero) is 1. The number of benzene rings is 2. The highest BCUT2D eigenvalue weighted by atomic mass is 35.5. The van der Waals surface area contributed by atoms with Crippen molar-refractivity contribution in [3.05, 3.63) is 81.0 Å². The Morgan fingerprint density at radius 3 is 2.63 bits per heavy atom. The number of esters is 1. The molecule has 150 valence electrons. The van der Waals surface area contributed by atoms with E-state index in [-0.39, 0.29) is 12.4 Å². The van der Waals surface area contributed by atoms with Gasteiger partial charge in [-0.1, -0.05) is 47.9 Å². The van der Waals surface area contributed by atoms with Crippen LogP contribution in [0.1, 0.15) is 34.3 Å². The first-order valence-electron chi connectivity index (χ1n) is 9.28. The van der Waals surface area contributed by atoms with E-state index in [1.54, 1.807) is 31.2 Å². The molecule has 2 aromatic rings. The molecule has 30 heavy (non-hydrogen) atoms. The summed E-state index contributed by atoms with van der Waals surface area (Å²) in [5.74, 6) is 1.56. The Labute approximate surface area is 179 Å². The molecule has 5 nitrogen and oxygen atoms in total. The Hall–Kier alpha value is -3.49. The number of methoxy groups -OCH3 is 1. The highest BCUT2D eigenvalue weighted by Gasteiger charge is 2.42. The van der Waals surface area contributed by atoms with Crippen molar-refractivity contribution in [1.82, 2.24) is 5.32 Å². The number of ketones is 1. The van der Waals surface area contributed by atoms with Gasteiger partial charge in [0.05, 0.1) is 23.4 Å². The fourth-order valence-corrected chi connectivity index (χ4v) is 4.22. The molecule has 0 fully saturated rings. The van der Waals surface area contributed by atoms with E-state index in [0.717, 1.165) is 5.56 Å². The molecule has 0 amide bonds. The lowest BCUT2D eigenvalue weighted by Crippen LogP contribution is -2.29. The molecule has 0 spiro atoms. The largest absolute Gasteiger partial charge is 0.479 e. The van der Waals surface area contributed by atoms with Crippen molar-refractivity contribution < 1.29 is 19.1 Å². The molecule has 0 saturated heterocycles. The van der Waals surface area contributed by atoms with Crippen molar-refractivity contribution >= 4 is 29.1 Å². The number of hydrogen-bond acceptors (Lipinski definition) is 5. The van der Waals surface area contributed by atoms with Crippen molar-refractivity contribution in [3.8, 4) is 18.1 Å². The Bertz CT molecular complexity index is 1190. The van der Waals surface area contributed by atoms with Crippen LogP contribution in [0, 0.1) is 12.3 Å². The molecule has 0 radical (unpaired) electrons. The molecular formula is C24H18ClNO4. The van der Waals surface area contributed by atoms with Crippen LogP contribution in [0.3, 0.4) is 0 Å². The predicted octanol–water partition coefficient (Wildman–Crippen LogP) is 4.09. The molecule has 0 unspecified atom stereocenters. The molecule has 6 heteroatoms. The average molecular weight is 420 g/mol. The van der Waals surface area contributed by atoms with Crippen LogP contribution < -0.4 is 10.1 Å². The van der Waals surface area contributed by atoms with Gasteiger partial charge in [0.2, 0.25) is 0 Å². The summed E-state index contributed by atoms with van der Waals surface area (Å²) in [4.78, 5) is 26.0. The number of rotatable bonds is 4. The number of carbonyl (C=O) groups is 2. The van der Waals surface area contributed by atoms with E-state index in [0.29, 0.717) is 44.4 Å². The predicted molar refractivity (Wildman–Crippen MR) is 114 cm³/mol. The summed E-state index contributed by atoms with van der Waals surface area (Å²) >= 11 is 6.41. The van der Waals surface area contributed by atoms with Crippen LogP contribution >= 0.6 is 11.6 Å². The first-order valence-corrected chi connectivity index (χ1v) is 9.65. The maximum atomic E-state index is 13.3. The Balaban J connectivity index is 1.89. The zero-order valence-electron chi connectivity index (χ0n) is 16.4. The second kappa shape index (κ2) is 7.74. The summed E-state index contributed by atoms with van der Waals surface area (Å²) in [6.07, 6.45) is 5.24. The minimum Gasteiger partial charge on any atom is -0.479 e. The van der Waals surface area contributed by atoms with Gasteiger partial charge in [0.15, 0.2) is 5.78 Å². The standard InChI is InChI=1S/C24H18ClNO4/c1-4-11-30-18-10-9-14(12-17(18)25)20-19(24(28)29-3)13(2)26-22-15-7-5-6-8-16(15)23(27)21(20)22/h1,5-10,12,20,26H,11H2,2-3H3/t20-/m1/s1. The van der Waals surface area contributed by atoms with Crippen LogP contribution in [0.4, 0.5) is 0 Å². The molecule has 1 atom stereocenters. The fourth-order valence-electron chi connectivity index (χ4n) is 3.98. The zero-order chi connectivity index (χ0) is 21.4. The quantitative estimate of drug-likeness (QED) is 0.597. The Morgan fingerprint density at radius 1 is 1.23 bits per heavy atom. The summed E-state index contributed by atoms with van der Waals surface area (Å²) in [6.45, 7) is 1.88. The van der Waals surface area contributed by atoms with Gasteiger partial charge in [-0.15, -0.1) is 6.42 Å². The number of dihydropyridines is 1. The highest BCUT2D eigenvalue weighted by molar-refractivity contribution is 6.32. The molecule has 1 heterocycles. The second-order valence-corrected chi connectivity index (χ2v) is 7.34. The van der Waals surface area contributed by atoms with Crippen LogP contribution in [0.25, 0.3) is 5.70 Å². The highest BCUT2D eigenvalue weighted by Crippen LogP contribution is 2.47. The van der Waals surface area contributed by atoms with E-state index < -0.39 is 11.9 Å². The van der Waals surface area contributed by atoms with Crippen LogP contribution in [0.15, 0.2) is 59.3 Å². The molecule has 1 aliphatic heterocycles. The van der Waals surface area contributed by atoms with Crippen molar-refractivity contribution in [1.29, 1.82) is 0 Å². The third kappa shape index (κ3) is 3.06. The lowest BCUT2D eigenvalue weighted by molar-refractivity contribution is -0.136. The minimum atomic E-state index is -0.632. The summed E-state index contributed by atoms with van der Waals surface area (Å²) in [6, 6.07) is 12.5. The topological polar surface area (TPSA) is 64.6 Å². The number of hydrogen-bond donors (Lipinski definition) is 1. The molecule has 0 saturated carbocycles. The Kier molecular flexibility index (Phi) is 5.11. The number of halogens is 1.